The minimum absolute atomic E-state index is 0.0346. The molecule has 1 aromatic rings. The summed E-state index contributed by atoms with van der Waals surface area (Å²) in [6, 6.07) is 3.11. The van der Waals surface area contributed by atoms with Gasteiger partial charge in [-0.2, -0.15) is 17.6 Å². The Hall–Kier alpha value is 0.620. The first-order valence-electron chi connectivity index (χ1n) is 4.62. The van der Waals surface area contributed by atoms with Crippen molar-refractivity contribution in [2.24, 2.45) is 4.40 Å². The molecule has 0 radical (unpaired) electrons. The second-order valence-corrected chi connectivity index (χ2v) is 8.61. The highest BCUT2D eigenvalue weighted by Crippen LogP contribution is 2.23. The summed E-state index contributed by atoms with van der Waals surface area (Å²) < 4.78 is 63.1. The van der Waals surface area contributed by atoms with E-state index < -0.39 is 27.9 Å². The van der Waals surface area contributed by atoms with Crippen molar-refractivity contribution in [3.05, 3.63) is 28.4 Å². The molecule has 0 unspecified atom stereocenters. The summed E-state index contributed by atoms with van der Waals surface area (Å²) in [7, 11) is -4.89. The highest BCUT2D eigenvalue weighted by Gasteiger charge is 2.34. The molecule has 0 spiro atoms. The van der Waals surface area contributed by atoms with Crippen LogP contribution < -0.4 is 5.11 Å². The van der Waals surface area contributed by atoms with Gasteiger partial charge in [-0.25, -0.2) is 8.42 Å². The van der Waals surface area contributed by atoms with Crippen molar-refractivity contribution in [1.29, 1.82) is 0 Å². The van der Waals surface area contributed by atoms with Gasteiger partial charge in [0.2, 0.25) is 0 Å². The first-order valence-corrected chi connectivity index (χ1v) is 9.47. The predicted octanol–water partition coefficient (Wildman–Crippen LogP) is 2.50. The van der Waals surface area contributed by atoms with Crippen molar-refractivity contribution < 1.29 is 26.7 Å². The van der Waals surface area contributed by atoms with Crippen LogP contribution >= 0.6 is 67.8 Å². The zero-order valence-corrected chi connectivity index (χ0v) is 16.5. The van der Waals surface area contributed by atoms with E-state index in [1.165, 1.54) is 6.07 Å². The van der Waals surface area contributed by atoms with E-state index in [-0.39, 0.29) is 5.56 Å². The quantitative estimate of drug-likeness (QED) is 0.220. The zero-order valence-electron chi connectivity index (χ0n) is 9.21. The van der Waals surface area contributed by atoms with Gasteiger partial charge in [0.15, 0.2) is 5.75 Å². The van der Waals surface area contributed by atoms with E-state index in [0.29, 0.717) is 10.7 Å². The van der Waals surface area contributed by atoms with Crippen molar-refractivity contribution in [3.8, 4) is 0 Å². The summed E-state index contributed by atoms with van der Waals surface area (Å²) in [5.74, 6) is -3.35. The van der Waals surface area contributed by atoms with E-state index in [0.717, 1.165) is 0 Å². The van der Waals surface area contributed by atoms with Crippen LogP contribution in [0.1, 0.15) is 5.56 Å². The van der Waals surface area contributed by atoms with Crippen LogP contribution in [-0.2, 0) is 10.0 Å². The Morgan fingerprint density at radius 2 is 1.80 bits per heavy atom. The lowest BCUT2D eigenvalue weighted by Crippen LogP contribution is -2.27. The minimum Gasteiger partial charge on any atom is -0.858 e. The molecular formula is C9H4F3I3NO3S-. The van der Waals surface area contributed by atoms with Crippen LogP contribution in [0.5, 0.6) is 0 Å². The lowest BCUT2D eigenvalue weighted by molar-refractivity contribution is -0.212. The summed E-state index contributed by atoms with van der Waals surface area (Å²) in [6.07, 6.45) is -4.94. The Balaban J connectivity index is 3.25. The lowest BCUT2D eigenvalue weighted by atomic mass is 10.2. The largest absolute Gasteiger partial charge is 0.858 e. The van der Waals surface area contributed by atoms with Gasteiger partial charge in [-0.3, -0.25) is 0 Å². The maximum atomic E-state index is 12.1. The molecule has 0 bridgehead atoms. The molecule has 0 amide bonds. The summed E-state index contributed by atoms with van der Waals surface area (Å²) in [4.78, 5) is 0. The van der Waals surface area contributed by atoms with Crippen LogP contribution in [0.15, 0.2) is 16.5 Å². The molecule has 1 rings (SSSR count). The van der Waals surface area contributed by atoms with Gasteiger partial charge in [-0.1, -0.05) is 0 Å². The molecule has 0 N–H and O–H groups in total. The molecule has 112 valence electrons. The van der Waals surface area contributed by atoms with E-state index in [1.54, 1.807) is 6.07 Å². The monoisotopic (exact) mass is 644 g/mol. The van der Waals surface area contributed by atoms with E-state index >= 15 is 0 Å². The lowest BCUT2D eigenvalue weighted by Gasteiger charge is -2.14. The average Bonchev–Trinajstić information content (AvgIpc) is 2.18. The molecule has 1 aromatic carbocycles. The highest BCUT2D eigenvalue weighted by atomic mass is 127. The average molecular weight is 644 g/mol. The van der Waals surface area contributed by atoms with Gasteiger partial charge in [0.05, 0.1) is 0 Å². The zero-order chi connectivity index (χ0) is 15.7. The normalized spacial score (nSPS) is 13.6. The van der Waals surface area contributed by atoms with Gasteiger partial charge in [0.1, 0.15) is 0 Å². The van der Waals surface area contributed by atoms with Crippen LogP contribution in [0.3, 0.4) is 0 Å². The minimum atomic E-state index is -4.94. The summed E-state index contributed by atoms with van der Waals surface area (Å²) in [5.41, 5.74) is -0.0346. The Labute approximate surface area is 153 Å². The SMILES string of the molecule is O=S(=O)(CC(F)(F)F)/N=C(\[O-])c1cc(I)cc(I)c1I. The van der Waals surface area contributed by atoms with Crippen molar-refractivity contribution in [2.45, 2.75) is 6.18 Å². The number of rotatable bonds is 3. The number of alkyl halides is 3. The molecule has 20 heavy (non-hydrogen) atoms. The van der Waals surface area contributed by atoms with Gasteiger partial charge in [0.25, 0.3) is 10.0 Å². The number of nitrogens with zero attached hydrogens (tertiary/aromatic N) is 1. The van der Waals surface area contributed by atoms with Crippen molar-refractivity contribution in [3.63, 3.8) is 0 Å². The van der Waals surface area contributed by atoms with Gasteiger partial charge >= 0.3 is 6.18 Å². The fourth-order valence-corrected chi connectivity index (χ4v) is 4.34. The summed E-state index contributed by atoms with van der Waals surface area (Å²) >= 11 is 5.65. The Morgan fingerprint density at radius 3 is 2.30 bits per heavy atom. The Morgan fingerprint density at radius 1 is 1.25 bits per heavy atom. The second kappa shape index (κ2) is 6.80. The topological polar surface area (TPSA) is 69.6 Å². The van der Waals surface area contributed by atoms with Crippen LogP contribution in [0.4, 0.5) is 13.2 Å². The molecule has 0 aliphatic heterocycles. The molecule has 0 aromatic heterocycles. The fourth-order valence-electron chi connectivity index (χ4n) is 1.13. The van der Waals surface area contributed by atoms with Crippen molar-refractivity contribution in [1.82, 2.24) is 0 Å². The third-order valence-corrected chi connectivity index (χ3v) is 6.60. The summed E-state index contributed by atoms with van der Waals surface area (Å²) in [5, 5.41) is 11.7. The van der Waals surface area contributed by atoms with Crippen molar-refractivity contribution in [2.75, 3.05) is 5.75 Å². The molecule has 0 saturated carbocycles. The van der Waals surface area contributed by atoms with E-state index in [4.69, 9.17) is 0 Å². The molecule has 4 nitrogen and oxygen atoms in total. The van der Waals surface area contributed by atoms with Gasteiger partial charge in [-0.15, -0.1) is 0 Å². The van der Waals surface area contributed by atoms with Gasteiger partial charge in [-0.05, 0) is 79.9 Å². The number of sulfonamides is 1. The summed E-state index contributed by atoms with van der Waals surface area (Å²) in [6.45, 7) is 0. The second-order valence-electron chi connectivity index (χ2n) is 3.49. The van der Waals surface area contributed by atoms with Crippen LogP contribution in [-0.4, -0.2) is 26.2 Å². The molecule has 0 atom stereocenters. The molecule has 11 heteroatoms. The third-order valence-electron chi connectivity index (χ3n) is 1.79. The number of hydrogen-bond donors (Lipinski definition) is 0. The van der Waals surface area contributed by atoms with E-state index in [2.05, 4.69) is 4.40 Å². The first kappa shape index (κ1) is 18.7. The van der Waals surface area contributed by atoms with Crippen molar-refractivity contribution >= 4 is 83.7 Å². The highest BCUT2D eigenvalue weighted by molar-refractivity contribution is 14.1. The molecule has 0 aliphatic rings. The Kier molecular flexibility index (Phi) is 6.35. The number of halogens is 6. The first-order chi connectivity index (χ1) is 8.91. The fraction of sp³-hybridized carbons (Fsp3) is 0.222. The van der Waals surface area contributed by atoms with Crippen LogP contribution in [0.2, 0.25) is 0 Å². The molecular weight excluding hydrogens is 640 g/mol. The maximum absolute atomic E-state index is 12.1. The van der Waals surface area contributed by atoms with E-state index in [9.17, 15) is 26.7 Å². The third kappa shape index (κ3) is 5.78. The Bertz CT molecular complexity index is 658. The predicted molar refractivity (Wildman–Crippen MR) is 91.0 cm³/mol. The van der Waals surface area contributed by atoms with Crippen LogP contribution in [0, 0.1) is 10.7 Å². The molecule has 0 fully saturated rings. The van der Waals surface area contributed by atoms with Gasteiger partial charge in [0, 0.05) is 22.2 Å². The molecule has 0 saturated heterocycles. The van der Waals surface area contributed by atoms with Gasteiger partial charge < -0.3 is 5.11 Å². The smallest absolute Gasteiger partial charge is 0.404 e. The molecule has 0 aliphatic carbocycles. The van der Waals surface area contributed by atoms with Crippen LogP contribution in [0.25, 0.3) is 0 Å². The molecule has 0 heterocycles. The standard InChI is InChI=1S/C9H5F3I3NO3S/c10-9(11,12)3-20(18,19)16-8(17)5-1-4(13)2-6(14)7(5)15/h1-2H,3H2,(H,16,17)/p-1. The number of benzene rings is 1. The number of hydrogen-bond acceptors (Lipinski definition) is 3. The maximum Gasteiger partial charge on any atom is 0.404 e. The van der Waals surface area contributed by atoms with E-state index in [1.807, 2.05) is 67.8 Å².